The van der Waals surface area contributed by atoms with Crippen LogP contribution in [0, 0.1) is 0 Å². The molecular weight excluding hydrogens is 478 g/mol. The molecule has 0 saturated carbocycles. The molecule has 2 N–H and O–H groups in total. The molecule has 2 aromatic rings. The van der Waals surface area contributed by atoms with Crippen molar-refractivity contribution in [2.24, 2.45) is 0 Å². The highest BCUT2D eigenvalue weighted by molar-refractivity contribution is 6.30. The second-order valence-corrected chi connectivity index (χ2v) is 8.53. The van der Waals surface area contributed by atoms with Crippen molar-refractivity contribution in [2.75, 3.05) is 56.1 Å². The number of aromatic nitrogens is 1. The van der Waals surface area contributed by atoms with Crippen molar-refractivity contribution in [1.29, 1.82) is 0 Å². The van der Waals surface area contributed by atoms with E-state index < -0.39 is 23.8 Å². The lowest BCUT2D eigenvalue weighted by molar-refractivity contribution is -0.194. The number of carbonyl (C=O) groups excluding carboxylic acids is 3. The van der Waals surface area contributed by atoms with Gasteiger partial charge in [0.05, 0.1) is 18.2 Å². The first-order valence-corrected chi connectivity index (χ1v) is 11.3. The smallest absolute Gasteiger partial charge is 0.323 e. The van der Waals surface area contributed by atoms with E-state index >= 15 is 0 Å². The van der Waals surface area contributed by atoms with Gasteiger partial charge in [-0.05, 0) is 36.4 Å². The van der Waals surface area contributed by atoms with Gasteiger partial charge in [0, 0.05) is 44.8 Å². The van der Waals surface area contributed by atoms with Crippen LogP contribution in [0.5, 0.6) is 0 Å². The van der Waals surface area contributed by atoms with Crippen LogP contribution in [0.4, 0.5) is 22.0 Å². The molecule has 2 fully saturated rings. The van der Waals surface area contributed by atoms with Gasteiger partial charge in [0.2, 0.25) is 5.91 Å². The second kappa shape index (κ2) is 10.6. The monoisotopic (exact) mass is 503 g/mol. The van der Waals surface area contributed by atoms with Gasteiger partial charge >= 0.3 is 6.03 Å². The van der Waals surface area contributed by atoms with Crippen LogP contribution in [0.2, 0.25) is 5.02 Å². The molecule has 3 heterocycles. The van der Waals surface area contributed by atoms with Crippen molar-refractivity contribution in [3.8, 4) is 0 Å². The number of nitrogens with one attached hydrogen (secondary N) is 2. The molecule has 1 aromatic heterocycles. The minimum Gasteiger partial charge on any atom is -0.370 e. The third-order valence-corrected chi connectivity index (χ3v) is 6.22. The van der Waals surface area contributed by atoms with Crippen molar-refractivity contribution in [3.05, 3.63) is 47.6 Å². The number of amides is 4. The van der Waals surface area contributed by atoms with E-state index in [0.717, 1.165) is 0 Å². The number of methoxy groups -OCH3 is 2. The van der Waals surface area contributed by atoms with Gasteiger partial charge in [-0.25, -0.2) is 9.78 Å². The zero-order chi connectivity index (χ0) is 25.0. The van der Waals surface area contributed by atoms with Crippen molar-refractivity contribution in [1.82, 2.24) is 9.88 Å². The normalized spacial score (nSPS) is 19.5. The summed E-state index contributed by atoms with van der Waals surface area (Å²) in [5.74, 6) is -1.37. The predicted molar refractivity (Wildman–Crippen MR) is 128 cm³/mol. The minimum atomic E-state index is -1.13. The Morgan fingerprint density at radius 2 is 1.89 bits per heavy atom. The predicted octanol–water partition coefficient (Wildman–Crippen LogP) is 2.33. The van der Waals surface area contributed by atoms with Gasteiger partial charge in [0.25, 0.3) is 5.91 Å². The van der Waals surface area contributed by atoms with Crippen molar-refractivity contribution >= 4 is 46.6 Å². The van der Waals surface area contributed by atoms with Gasteiger partial charge in [0.1, 0.15) is 18.5 Å². The van der Waals surface area contributed by atoms with Gasteiger partial charge < -0.3 is 29.3 Å². The Balaban J connectivity index is 1.47. The summed E-state index contributed by atoms with van der Waals surface area (Å²) in [5, 5.41) is 5.94. The molecule has 1 unspecified atom stereocenters. The fourth-order valence-electron chi connectivity index (χ4n) is 4.04. The third kappa shape index (κ3) is 5.54. The van der Waals surface area contributed by atoms with Crippen molar-refractivity contribution in [3.63, 3.8) is 0 Å². The summed E-state index contributed by atoms with van der Waals surface area (Å²) >= 11 is 5.86. The fraction of sp³-hybridized carbons (Fsp3) is 0.391. The molecule has 4 amide bonds. The number of carbonyl (C=O) groups is 3. The van der Waals surface area contributed by atoms with E-state index in [1.807, 2.05) is 0 Å². The zero-order valence-electron chi connectivity index (χ0n) is 19.3. The Labute approximate surface area is 207 Å². The van der Waals surface area contributed by atoms with Crippen molar-refractivity contribution in [2.45, 2.75) is 18.2 Å². The Kier molecular flexibility index (Phi) is 7.51. The highest BCUT2D eigenvalue weighted by Crippen LogP contribution is 2.32. The van der Waals surface area contributed by atoms with Crippen LogP contribution in [0.1, 0.15) is 6.42 Å². The van der Waals surface area contributed by atoms with E-state index in [4.69, 9.17) is 25.8 Å². The molecule has 1 aromatic carbocycles. The van der Waals surface area contributed by atoms with E-state index in [1.54, 1.807) is 41.3 Å². The summed E-state index contributed by atoms with van der Waals surface area (Å²) in [6.45, 7) is 1.02. The van der Waals surface area contributed by atoms with Gasteiger partial charge in [-0.2, -0.15) is 0 Å². The number of hydrogen-bond donors (Lipinski definition) is 2. The third-order valence-electron chi connectivity index (χ3n) is 5.99. The zero-order valence-corrected chi connectivity index (χ0v) is 20.1. The van der Waals surface area contributed by atoms with Crippen LogP contribution in [-0.4, -0.2) is 80.1 Å². The largest absolute Gasteiger partial charge is 0.370 e. The standard InChI is InChI=1S/C23H26ClN5O6/c1-33-23(34-2)11-18(29(14-23)22(32)27-19-8-3-15(24)12-25-19)21(31)26-16-4-6-17(7-5-16)28-9-10-35-13-20(28)30/h3-8,12,18H,9-11,13-14H2,1-2H3,(H,26,31)(H,25,27,32). The molecule has 0 radical (unpaired) electrons. The molecular formula is C23H26ClN5O6. The van der Waals surface area contributed by atoms with Crippen molar-refractivity contribution < 1.29 is 28.6 Å². The number of halogens is 1. The van der Waals surface area contributed by atoms with Gasteiger partial charge in [-0.3, -0.25) is 14.9 Å². The van der Waals surface area contributed by atoms with Crippen LogP contribution >= 0.6 is 11.6 Å². The summed E-state index contributed by atoms with van der Waals surface area (Å²) < 4.78 is 16.2. The second-order valence-electron chi connectivity index (χ2n) is 8.09. The van der Waals surface area contributed by atoms with E-state index in [2.05, 4.69) is 15.6 Å². The molecule has 2 saturated heterocycles. The van der Waals surface area contributed by atoms with Gasteiger partial charge in [-0.1, -0.05) is 11.6 Å². The first-order chi connectivity index (χ1) is 16.8. The Hall–Kier alpha value is -3.25. The molecule has 12 heteroatoms. The van der Waals surface area contributed by atoms with E-state index in [0.29, 0.717) is 35.4 Å². The lowest BCUT2D eigenvalue weighted by atomic mass is 10.1. The molecule has 4 rings (SSSR count). The summed E-state index contributed by atoms with van der Waals surface area (Å²) in [4.78, 5) is 45.4. The minimum absolute atomic E-state index is 0.0373. The number of urea groups is 1. The lowest BCUT2D eigenvalue weighted by Gasteiger charge is -2.27. The van der Waals surface area contributed by atoms with Gasteiger partial charge in [-0.15, -0.1) is 0 Å². The molecule has 0 bridgehead atoms. The Morgan fingerprint density at radius 3 is 2.51 bits per heavy atom. The number of anilines is 3. The summed E-state index contributed by atoms with van der Waals surface area (Å²) in [7, 11) is 2.93. The number of benzene rings is 1. The maximum atomic E-state index is 13.2. The number of ether oxygens (including phenoxy) is 3. The fourth-order valence-corrected chi connectivity index (χ4v) is 4.15. The average Bonchev–Trinajstić information content (AvgIpc) is 3.27. The Morgan fingerprint density at radius 1 is 1.14 bits per heavy atom. The number of morpholine rings is 1. The molecule has 0 aliphatic carbocycles. The summed E-state index contributed by atoms with van der Waals surface area (Å²) in [6, 6.07) is 8.66. The number of nitrogens with zero attached hydrogens (tertiary/aromatic N) is 3. The van der Waals surface area contributed by atoms with Crippen LogP contribution in [0.15, 0.2) is 42.6 Å². The molecule has 11 nitrogen and oxygen atoms in total. The van der Waals surface area contributed by atoms with E-state index in [1.165, 1.54) is 25.3 Å². The van der Waals surface area contributed by atoms with E-state index in [9.17, 15) is 14.4 Å². The van der Waals surface area contributed by atoms with E-state index in [-0.39, 0.29) is 25.5 Å². The first kappa shape index (κ1) is 24.9. The first-order valence-electron chi connectivity index (χ1n) is 10.9. The number of likely N-dealkylation sites (tertiary alicyclic amines) is 1. The van der Waals surface area contributed by atoms with Crippen LogP contribution in [0.3, 0.4) is 0 Å². The molecule has 186 valence electrons. The Bertz CT molecular complexity index is 1080. The molecule has 2 aliphatic heterocycles. The number of pyridine rings is 1. The topological polar surface area (TPSA) is 122 Å². The number of hydrogen-bond acceptors (Lipinski definition) is 7. The molecule has 2 aliphatic rings. The summed E-state index contributed by atoms with van der Waals surface area (Å²) in [5.41, 5.74) is 1.23. The summed E-state index contributed by atoms with van der Waals surface area (Å²) in [6.07, 6.45) is 1.54. The van der Waals surface area contributed by atoms with Crippen LogP contribution in [0.25, 0.3) is 0 Å². The average molecular weight is 504 g/mol. The maximum absolute atomic E-state index is 13.2. The molecule has 0 spiro atoms. The highest BCUT2D eigenvalue weighted by atomic mass is 35.5. The quantitative estimate of drug-likeness (QED) is 0.580. The van der Waals surface area contributed by atoms with Crippen LogP contribution in [-0.2, 0) is 23.8 Å². The molecule has 1 atom stereocenters. The van der Waals surface area contributed by atoms with Gasteiger partial charge in [0.15, 0.2) is 5.79 Å². The van der Waals surface area contributed by atoms with Crippen LogP contribution < -0.4 is 15.5 Å². The highest BCUT2D eigenvalue weighted by Gasteiger charge is 2.50. The lowest BCUT2D eigenvalue weighted by Crippen LogP contribution is -2.45. The maximum Gasteiger partial charge on any atom is 0.323 e. The molecule has 35 heavy (non-hydrogen) atoms. The SMILES string of the molecule is COC1(OC)CC(C(=O)Nc2ccc(N3CCOCC3=O)cc2)N(C(=O)Nc2ccc(Cl)cn2)C1. The number of rotatable bonds is 6.